The smallest absolute Gasteiger partial charge is 0.207 e. The second kappa shape index (κ2) is 5.40. The molecule has 0 bridgehead atoms. The normalized spacial score (nSPS) is 13.4. The van der Waals surface area contributed by atoms with E-state index in [4.69, 9.17) is 0 Å². The van der Waals surface area contributed by atoms with Crippen molar-refractivity contribution in [2.24, 2.45) is 0 Å². The molecule has 1 heterocycles. The van der Waals surface area contributed by atoms with E-state index < -0.39 is 15.8 Å². The summed E-state index contributed by atoms with van der Waals surface area (Å²) in [7, 11) is -3.85. The van der Waals surface area contributed by atoms with Gasteiger partial charge in [-0.3, -0.25) is 0 Å². The van der Waals surface area contributed by atoms with Crippen molar-refractivity contribution in [3.8, 4) is 0 Å². The Morgan fingerprint density at radius 3 is 2.47 bits per heavy atom. The van der Waals surface area contributed by atoms with Gasteiger partial charge in [0.2, 0.25) is 10.0 Å². The van der Waals surface area contributed by atoms with Crippen LogP contribution in [0.3, 0.4) is 0 Å². The maximum Gasteiger partial charge on any atom is 0.244 e. The van der Waals surface area contributed by atoms with Gasteiger partial charge in [0.1, 0.15) is 10.7 Å². The van der Waals surface area contributed by atoms with Crippen LogP contribution in [0.2, 0.25) is 0 Å². The number of benzene rings is 1. The number of nitrogens with one attached hydrogen (secondary N) is 1. The highest BCUT2D eigenvalue weighted by Gasteiger charge is 2.22. The number of halogens is 1. The third-order valence-electron chi connectivity index (χ3n) is 2.65. The quantitative estimate of drug-likeness (QED) is 0.942. The summed E-state index contributed by atoms with van der Waals surface area (Å²) < 4.78 is 40.2. The summed E-state index contributed by atoms with van der Waals surface area (Å²) in [4.78, 5) is 1.68. The van der Waals surface area contributed by atoms with Crippen molar-refractivity contribution < 1.29 is 12.8 Å². The molecule has 1 atom stereocenters. The van der Waals surface area contributed by atoms with Crippen LogP contribution >= 0.6 is 11.3 Å². The van der Waals surface area contributed by atoms with E-state index in [0.717, 1.165) is 15.8 Å². The minimum Gasteiger partial charge on any atom is -0.207 e. The summed E-state index contributed by atoms with van der Waals surface area (Å²) in [5.74, 6) is -0.746. The van der Waals surface area contributed by atoms with E-state index in [2.05, 4.69) is 4.72 Å². The summed E-state index contributed by atoms with van der Waals surface area (Å²) in [6.45, 7) is 3.69. The van der Waals surface area contributed by atoms with Crippen molar-refractivity contribution >= 4 is 21.4 Å². The van der Waals surface area contributed by atoms with Gasteiger partial charge in [-0.2, -0.15) is 0 Å². The van der Waals surface area contributed by atoms with E-state index in [1.54, 1.807) is 6.92 Å². The van der Waals surface area contributed by atoms with Crippen molar-refractivity contribution in [2.45, 2.75) is 24.8 Å². The number of thiophene rings is 1. The van der Waals surface area contributed by atoms with Crippen molar-refractivity contribution in [1.82, 2.24) is 4.72 Å². The molecular weight excluding hydrogens is 285 g/mol. The topological polar surface area (TPSA) is 46.2 Å². The van der Waals surface area contributed by atoms with Crippen LogP contribution < -0.4 is 4.72 Å². The molecule has 3 nitrogen and oxygen atoms in total. The molecule has 1 unspecified atom stereocenters. The molecule has 0 aliphatic heterocycles. The van der Waals surface area contributed by atoms with E-state index in [9.17, 15) is 12.8 Å². The molecule has 6 heteroatoms. The van der Waals surface area contributed by atoms with Gasteiger partial charge in [-0.05, 0) is 38.1 Å². The predicted octanol–water partition coefficient (Wildman–Crippen LogP) is 3.24. The molecule has 102 valence electrons. The van der Waals surface area contributed by atoms with Crippen LogP contribution in [-0.2, 0) is 10.0 Å². The van der Waals surface area contributed by atoms with Gasteiger partial charge in [0, 0.05) is 9.75 Å². The zero-order valence-electron chi connectivity index (χ0n) is 10.6. The number of hydrogen-bond donors (Lipinski definition) is 1. The van der Waals surface area contributed by atoms with Gasteiger partial charge in [0.15, 0.2) is 0 Å². The number of hydrogen-bond acceptors (Lipinski definition) is 3. The summed E-state index contributed by atoms with van der Waals surface area (Å²) in [5.41, 5.74) is 0. The Morgan fingerprint density at radius 1 is 1.21 bits per heavy atom. The molecule has 0 aliphatic rings. The lowest BCUT2D eigenvalue weighted by Gasteiger charge is -2.13. The van der Waals surface area contributed by atoms with Crippen molar-refractivity contribution in [1.29, 1.82) is 0 Å². The molecule has 0 amide bonds. The maximum atomic E-state index is 13.5. The van der Waals surface area contributed by atoms with Gasteiger partial charge >= 0.3 is 0 Å². The second-order valence-corrected chi connectivity index (χ2v) is 7.22. The van der Waals surface area contributed by atoms with E-state index in [-0.39, 0.29) is 10.9 Å². The Kier molecular flexibility index (Phi) is 4.03. The monoisotopic (exact) mass is 299 g/mol. The van der Waals surface area contributed by atoms with Gasteiger partial charge in [-0.25, -0.2) is 17.5 Å². The van der Waals surface area contributed by atoms with E-state index >= 15 is 0 Å². The molecule has 0 saturated heterocycles. The highest BCUT2D eigenvalue weighted by Crippen LogP contribution is 2.24. The Hall–Kier alpha value is -1.24. The highest BCUT2D eigenvalue weighted by molar-refractivity contribution is 7.89. The number of sulfonamides is 1. The maximum absolute atomic E-state index is 13.5. The van der Waals surface area contributed by atoms with Gasteiger partial charge in [0.25, 0.3) is 0 Å². The van der Waals surface area contributed by atoms with Crippen LogP contribution in [0.15, 0.2) is 41.3 Å². The molecule has 0 spiro atoms. The van der Waals surface area contributed by atoms with Crippen LogP contribution in [0.5, 0.6) is 0 Å². The van der Waals surface area contributed by atoms with Crippen LogP contribution in [0.4, 0.5) is 4.39 Å². The molecule has 0 radical (unpaired) electrons. The van der Waals surface area contributed by atoms with Crippen LogP contribution in [0, 0.1) is 12.7 Å². The Balaban J connectivity index is 2.25. The lowest BCUT2D eigenvalue weighted by atomic mass is 10.3. The third kappa shape index (κ3) is 3.20. The summed E-state index contributed by atoms with van der Waals surface area (Å²) in [6, 6.07) is 8.75. The SMILES string of the molecule is Cc1ccc(C(C)NS(=O)(=O)c2ccccc2F)s1. The first-order valence-corrected chi connectivity index (χ1v) is 8.03. The van der Waals surface area contributed by atoms with Gasteiger partial charge in [-0.1, -0.05) is 12.1 Å². The number of rotatable bonds is 4. The fourth-order valence-electron chi connectivity index (χ4n) is 1.70. The largest absolute Gasteiger partial charge is 0.244 e. The van der Waals surface area contributed by atoms with Crippen molar-refractivity contribution in [2.75, 3.05) is 0 Å². The molecule has 19 heavy (non-hydrogen) atoms. The summed E-state index contributed by atoms with van der Waals surface area (Å²) in [6.07, 6.45) is 0. The lowest BCUT2D eigenvalue weighted by molar-refractivity contribution is 0.548. The van der Waals surface area contributed by atoms with Crippen LogP contribution in [0.25, 0.3) is 0 Å². The first-order chi connectivity index (χ1) is 8.90. The zero-order chi connectivity index (χ0) is 14.0. The van der Waals surface area contributed by atoms with Gasteiger partial charge in [0.05, 0.1) is 6.04 Å². The van der Waals surface area contributed by atoms with E-state index in [0.29, 0.717) is 0 Å². The highest BCUT2D eigenvalue weighted by atomic mass is 32.2. The first-order valence-electron chi connectivity index (χ1n) is 5.73. The number of aryl methyl sites for hydroxylation is 1. The Bertz CT molecular complexity index is 679. The molecule has 1 aromatic heterocycles. The van der Waals surface area contributed by atoms with Crippen LogP contribution in [-0.4, -0.2) is 8.42 Å². The fraction of sp³-hybridized carbons (Fsp3) is 0.231. The summed E-state index contributed by atoms with van der Waals surface area (Å²) in [5, 5.41) is 0. The average molecular weight is 299 g/mol. The molecule has 1 aromatic carbocycles. The molecule has 1 N–H and O–H groups in total. The summed E-state index contributed by atoms with van der Waals surface area (Å²) >= 11 is 1.52. The zero-order valence-corrected chi connectivity index (χ0v) is 12.2. The van der Waals surface area contributed by atoms with E-state index in [1.165, 1.54) is 29.5 Å². The molecule has 0 saturated carbocycles. The Labute approximate surface area is 116 Å². The predicted molar refractivity (Wildman–Crippen MR) is 74.2 cm³/mol. The Morgan fingerprint density at radius 2 is 1.89 bits per heavy atom. The van der Waals surface area contributed by atoms with E-state index in [1.807, 2.05) is 19.1 Å². The molecule has 0 aliphatic carbocycles. The molecule has 2 aromatic rings. The minimum atomic E-state index is -3.85. The lowest BCUT2D eigenvalue weighted by Crippen LogP contribution is -2.27. The van der Waals surface area contributed by atoms with Crippen molar-refractivity contribution in [3.63, 3.8) is 0 Å². The molecule has 2 rings (SSSR count). The average Bonchev–Trinajstić information content (AvgIpc) is 2.76. The first kappa shape index (κ1) is 14.2. The molecule has 0 fully saturated rings. The standard InChI is InChI=1S/C13H14FNO2S2/c1-9-7-8-12(18-9)10(2)15-19(16,17)13-6-4-3-5-11(13)14/h3-8,10,15H,1-2H3. The van der Waals surface area contributed by atoms with Gasteiger partial charge in [-0.15, -0.1) is 11.3 Å². The minimum absolute atomic E-state index is 0.324. The van der Waals surface area contributed by atoms with Gasteiger partial charge < -0.3 is 0 Å². The third-order valence-corrected chi connectivity index (χ3v) is 5.40. The second-order valence-electron chi connectivity index (χ2n) is 4.22. The van der Waals surface area contributed by atoms with Crippen molar-refractivity contribution in [3.05, 3.63) is 52.0 Å². The molecular formula is C13H14FNO2S2. The fourth-order valence-corrected chi connectivity index (χ4v) is 3.96. The van der Waals surface area contributed by atoms with Crippen LogP contribution in [0.1, 0.15) is 22.7 Å².